The van der Waals surface area contributed by atoms with E-state index in [2.05, 4.69) is 22.1 Å². The molecule has 0 aliphatic carbocycles. The van der Waals surface area contributed by atoms with E-state index in [4.69, 9.17) is 0 Å². The summed E-state index contributed by atoms with van der Waals surface area (Å²) in [7, 11) is 0. The fraction of sp³-hybridized carbons (Fsp3) is 0.278. The van der Waals surface area contributed by atoms with Gasteiger partial charge in [0.1, 0.15) is 0 Å². The molecule has 24 heavy (non-hydrogen) atoms. The number of carbonyl (C=O) groups excluding carboxylic acids is 1. The highest BCUT2D eigenvalue weighted by Gasteiger charge is 2.26. The number of hydrogen-bond acceptors (Lipinski definition) is 4. The largest absolute Gasteiger partial charge is 0.332 e. The Balaban J connectivity index is 1.56. The summed E-state index contributed by atoms with van der Waals surface area (Å²) in [6.07, 6.45) is 1.70. The number of fused-ring (bicyclic) bond motifs is 1. The van der Waals surface area contributed by atoms with Crippen LogP contribution in [0.25, 0.3) is 11.3 Å². The van der Waals surface area contributed by atoms with E-state index in [9.17, 15) is 4.79 Å². The predicted molar refractivity (Wildman–Crippen MR) is 94.0 cm³/mol. The zero-order valence-corrected chi connectivity index (χ0v) is 14.3. The molecular formula is C18H18N4OS. The van der Waals surface area contributed by atoms with Crippen LogP contribution in [-0.4, -0.2) is 32.5 Å². The van der Waals surface area contributed by atoms with Gasteiger partial charge < -0.3 is 4.90 Å². The minimum atomic E-state index is 0.0103. The summed E-state index contributed by atoms with van der Waals surface area (Å²) >= 11 is 1.41. The number of hydrogen-bond donors (Lipinski definition) is 1. The van der Waals surface area contributed by atoms with E-state index in [1.165, 1.54) is 22.6 Å². The zero-order valence-electron chi connectivity index (χ0n) is 13.5. The van der Waals surface area contributed by atoms with Crippen molar-refractivity contribution in [2.45, 2.75) is 26.3 Å². The van der Waals surface area contributed by atoms with Crippen LogP contribution in [0.5, 0.6) is 0 Å². The van der Waals surface area contributed by atoms with Crippen LogP contribution >= 0.6 is 11.3 Å². The molecule has 2 aromatic heterocycles. The summed E-state index contributed by atoms with van der Waals surface area (Å²) in [4.78, 5) is 19.2. The molecule has 1 aliphatic rings. The second kappa shape index (κ2) is 6.20. The minimum absolute atomic E-state index is 0.0103. The second-order valence-electron chi connectivity index (χ2n) is 5.86. The predicted octanol–water partition coefficient (Wildman–Crippen LogP) is 3.29. The first-order valence-electron chi connectivity index (χ1n) is 8.11. The topological polar surface area (TPSA) is 61.9 Å². The molecule has 1 aliphatic heterocycles. The van der Waals surface area contributed by atoms with Gasteiger partial charge in [0, 0.05) is 41.7 Å². The zero-order chi connectivity index (χ0) is 16.5. The van der Waals surface area contributed by atoms with Crippen LogP contribution in [0.1, 0.15) is 33.7 Å². The first kappa shape index (κ1) is 15.1. The Bertz CT molecular complexity index is 855. The monoisotopic (exact) mass is 338 g/mol. The Labute approximate surface area is 144 Å². The number of amides is 1. The number of thiazole rings is 1. The van der Waals surface area contributed by atoms with Crippen molar-refractivity contribution >= 4 is 17.2 Å². The molecule has 3 aromatic rings. The van der Waals surface area contributed by atoms with E-state index < -0.39 is 0 Å². The van der Waals surface area contributed by atoms with Crippen LogP contribution < -0.4 is 0 Å². The van der Waals surface area contributed by atoms with Crippen molar-refractivity contribution in [2.24, 2.45) is 0 Å². The summed E-state index contributed by atoms with van der Waals surface area (Å²) in [5.74, 6) is 0.0103. The smallest absolute Gasteiger partial charge is 0.283 e. The number of benzene rings is 1. The lowest BCUT2D eigenvalue weighted by molar-refractivity contribution is 0.0733. The average molecular weight is 338 g/mol. The number of aryl methyl sites for hydroxylation is 1. The van der Waals surface area contributed by atoms with Crippen molar-refractivity contribution in [3.63, 3.8) is 0 Å². The maximum atomic E-state index is 12.8. The molecule has 1 aromatic carbocycles. The van der Waals surface area contributed by atoms with Gasteiger partial charge >= 0.3 is 0 Å². The lowest BCUT2D eigenvalue weighted by atomic mass is 10.0. The third-order valence-electron chi connectivity index (χ3n) is 4.40. The highest BCUT2D eigenvalue weighted by molar-refractivity contribution is 7.12. The quantitative estimate of drug-likeness (QED) is 0.797. The average Bonchev–Trinajstić information content (AvgIpc) is 3.28. The molecule has 0 spiro atoms. The molecule has 1 amide bonds. The molecule has 6 heteroatoms. The third kappa shape index (κ3) is 2.63. The van der Waals surface area contributed by atoms with Gasteiger partial charge in [-0.1, -0.05) is 37.3 Å². The van der Waals surface area contributed by atoms with Gasteiger partial charge in [-0.05, 0) is 6.42 Å². The van der Waals surface area contributed by atoms with Gasteiger partial charge in [-0.2, -0.15) is 5.10 Å². The van der Waals surface area contributed by atoms with Crippen LogP contribution in [0.4, 0.5) is 0 Å². The van der Waals surface area contributed by atoms with Gasteiger partial charge in [0.05, 0.1) is 11.4 Å². The number of nitrogens with one attached hydrogen (secondary N) is 1. The van der Waals surface area contributed by atoms with Gasteiger partial charge in [0.25, 0.3) is 5.91 Å². The van der Waals surface area contributed by atoms with E-state index in [1.54, 1.807) is 0 Å². The van der Waals surface area contributed by atoms with Gasteiger partial charge in [0.15, 0.2) is 5.01 Å². The van der Waals surface area contributed by atoms with Crippen molar-refractivity contribution in [2.75, 3.05) is 6.54 Å². The van der Waals surface area contributed by atoms with E-state index in [-0.39, 0.29) is 5.91 Å². The lowest BCUT2D eigenvalue weighted by Gasteiger charge is -2.26. The SMILES string of the molecule is CCc1n[nH]c2c1CN(C(=O)c1nc(-c3ccccc3)cs1)CC2. The number of rotatable bonds is 3. The summed E-state index contributed by atoms with van der Waals surface area (Å²) < 4.78 is 0. The Morgan fingerprint density at radius 3 is 2.96 bits per heavy atom. The van der Waals surface area contributed by atoms with Gasteiger partial charge in [-0.3, -0.25) is 9.89 Å². The van der Waals surface area contributed by atoms with Crippen molar-refractivity contribution < 1.29 is 4.79 Å². The summed E-state index contributed by atoms with van der Waals surface area (Å²) in [5, 5.41) is 9.96. The molecule has 0 saturated carbocycles. The molecule has 5 nitrogen and oxygen atoms in total. The van der Waals surface area contributed by atoms with Crippen molar-refractivity contribution in [3.05, 3.63) is 57.7 Å². The van der Waals surface area contributed by atoms with E-state index in [0.717, 1.165) is 29.8 Å². The Hall–Kier alpha value is -2.47. The number of aromatic nitrogens is 3. The van der Waals surface area contributed by atoms with Crippen LogP contribution in [0, 0.1) is 0 Å². The minimum Gasteiger partial charge on any atom is -0.332 e. The van der Waals surface area contributed by atoms with Gasteiger partial charge in [-0.25, -0.2) is 4.98 Å². The fourth-order valence-electron chi connectivity index (χ4n) is 3.07. The number of carbonyl (C=O) groups is 1. The molecule has 0 fully saturated rings. The van der Waals surface area contributed by atoms with Crippen LogP contribution in [0.15, 0.2) is 35.7 Å². The molecule has 0 unspecified atom stereocenters. The van der Waals surface area contributed by atoms with Crippen molar-refractivity contribution in [1.29, 1.82) is 0 Å². The molecule has 0 atom stereocenters. The third-order valence-corrected chi connectivity index (χ3v) is 5.23. The maximum absolute atomic E-state index is 12.8. The van der Waals surface area contributed by atoms with E-state index in [1.807, 2.05) is 40.6 Å². The molecule has 1 N–H and O–H groups in total. The highest BCUT2D eigenvalue weighted by Crippen LogP contribution is 2.25. The van der Waals surface area contributed by atoms with E-state index in [0.29, 0.717) is 18.1 Å². The molecule has 122 valence electrons. The fourth-order valence-corrected chi connectivity index (χ4v) is 3.86. The van der Waals surface area contributed by atoms with Crippen molar-refractivity contribution in [1.82, 2.24) is 20.1 Å². The summed E-state index contributed by atoms with van der Waals surface area (Å²) in [6.45, 7) is 3.41. The standard InChI is InChI=1S/C18H18N4OS/c1-2-14-13-10-22(9-8-15(13)21-20-14)18(23)17-19-16(11-24-17)12-6-4-3-5-7-12/h3-7,11H,2,8-10H2,1H3,(H,20,21). The van der Waals surface area contributed by atoms with Crippen LogP contribution in [-0.2, 0) is 19.4 Å². The van der Waals surface area contributed by atoms with Crippen LogP contribution in [0.3, 0.4) is 0 Å². The Morgan fingerprint density at radius 2 is 2.17 bits per heavy atom. The van der Waals surface area contributed by atoms with E-state index >= 15 is 0 Å². The summed E-state index contributed by atoms with van der Waals surface area (Å²) in [6, 6.07) is 9.95. The molecule has 0 radical (unpaired) electrons. The molecular weight excluding hydrogens is 320 g/mol. The number of nitrogens with zero attached hydrogens (tertiary/aromatic N) is 3. The van der Waals surface area contributed by atoms with Crippen LogP contribution in [0.2, 0.25) is 0 Å². The van der Waals surface area contributed by atoms with Gasteiger partial charge in [0.2, 0.25) is 0 Å². The lowest BCUT2D eigenvalue weighted by Crippen LogP contribution is -2.36. The van der Waals surface area contributed by atoms with Gasteiger partial charge in [-0.15, -0.1) is 11.3 Å². The first-order valence-corrected chi connectivity index (χ1v) is 8.99. The Morgan fingerprint density at radius 1 is 1.33 bits per heavy atom. The molecule has 0 saturated heterocycles. The molecule has 3 heterocycles. The number of H-pyrrole nitrogens is 1. The Kier molecular flexibility index (Phi) is 3.90. The normalized spacial score (nSPS) is 13.8. The van der Waals surface area contributed by atoms with Crippen molar-refractivity contribution in [3.8, 4) is 11.3 Å². The molecule has 0 bridgehead atoms. The second-order valence-corrected chi connectivity index (χ2v) is 6.72. The maximum Gasteiger partial charge on any atom is 0.283 e. The first-order chi connectivity index (χ1) is 11.8. The number of aromatic amines is 1. The summed E-state index contributed by atoms with van der Waals surface area (Å²) in [5.41, 5.74) is 5.31. The molecule has 4 rings (SSSR count). The highest BCUT2D eigenvalue weighted by atomic mass is 32.1.